The maximum Gasteiger partial charge on any atom is 0.331 e. The molecule has 34 heavy (non-hydrogen) atoms. The maximum absolute atomic E-state index is 12.3. The van der Waals surface area contributed by atoms with Crippen LogP contribution >= 0.6 is 0 Å². The van der Waals surface area contributed by atoms with Crippen LogP contribution in [0.15, 0.2) is 11.6 Å². The molecule has 8 unspecified atom stereocenters. The Morgan fingerprint density at radius 3 is 2.68 bits per heavy atom. The Labute approximate surface area is 201 Å². The van der Waals surface area contributed by atoms with Crippen LogP contribution in [0.2, 0.25) is 0 Å². The van der Waals surface area contributed by atoms with Crippen molar-refractivity contribution in [1.29, 1.82) is 0 Å². The zero-order valence-electron chi connectivity index (χ0n) is 20.4. The Bertz CT molecular complexity index is 902. The maximum atomic E-state index is 12.3. The van der Waals surface area contributed by atoms with Gasteiger partial charge < -0.3 is 25.1 Å². The lowest BCUT2D eigenvalue weighted by Crippen LogP contribution is -2.67. The van der Waals surface area contributed by atoms with E-state index in [0.29, 0.717) is 18.8 Å². The minimum absolute atomic E-state index is 0.0226. The number of aliphatic hydroxyl groups excluding tert-OH is 1. The number of carbonyl (C=O) groups excluding carboxylic acids is 3. The van der Waals surface area contributed by atoms with Crippen molar-refractivity contribution in [3.63, 3.8) is 0 Å². The first-order valence-electron chi connectivity index (χ1n) is 13.1. The quantitative estimate of drug-likeness (QED) is 0.418. The third-order valence-electron chi connectivity index (χ3n) is 10.9. The summed E-state index contributed by atoms with van der Waals surface area (Å²) < 4.78 is 5.18. The van der Waals surface area contributed by atoms with E-state index in [2.05, 4.69) is 12.2 Å². The molecule has 7 heteroatoms. The number of cyclic esters (lactones) is 1. The molecule has 0 aromatic carbocycles. The lowest BCUT2D eigenvalue weighted by Gasteiger charge is -2.65. The number of ether oxygens (including phenoxy) is 1. The summed E-state index contributed by atoms with van der Waals surface area (Å²) in [6.45, 7) is 4.65. The number of carbonyl (C=O) groups is 3. The van der Waals surface area contributed by atoms with E-state index in [1.807, 2.05) is 6.92 Å². The van der Waals surface area contributed by atoms with Gasteiger partial charge in [0.2, 0.25) is 5.91 Å². The number of fused-ring (bicyclic) bond motifs is 5. The van der Waals surface area contributed by atoms with Crippen LogP contribution in [0.25, 0.3) is 0 Å². The fourth-order valence-electron chi connectivity index (χ4n) is 9.01. The summed E-state index contributed by atoms with van der Waals surface area (Å²) in [5.41, 5.74) is -0.692. The van der Waals surface area contributed by atoms with Gasteiger partial charge in [0, 0.05) is 30.4 Å². The molecule has 1 heterocycles. The first-order valence-corrected chi connectivity index (χ1v) is 13.1. The van der Waals surface area contributed by atoms with E-state index in [9.17, 15) is 24.6 Å². The van der Waals surface area contributed by atoms with Crippen molar-refractivity contribution in [2.24, 2.45) is 34.5 Å². The minimum atomic E-state index is -0.958. The van der Waals surface area contributed by atoms with Crippen molar-refractivity contribution in [3.8, 4) is 0 Å². The number of aldehydes is 1. The topological polar surface area (TPSA) is 113 Å². The fraction of sp³-hybridized carbons (Fsp3) is 0.815. The average Bonchev–Trinajstić information content (AvgIpc) is 3.34. The molecule has 7 nitrogen and oxygen atoms in total. The largest absolute Gasteiger partial charge is 0.458 e. The predicted molar refractivity (Wildman–Crippen MR) is 124 cm³/mol. The molecule has 0 aromatic heterocycles. The third-order valence-corrected chi connectivity index (χ3v) is 10.9. The van der Waals surface area contributed by atoms with Gasteiger partial charge in [-0.15, -0.1) is 0 Å². The Hall–Kier alpha value is -1.73. The zero-order valence-corrected chi connectivity index (χ0v) is 20.4. The standard InChI is InChI=1S/C27H39NO6/c1-25-9-7-18(28-23(31)4-3-11-29)13-17(25)5-6-20-21(25)14-22(30)26(2)19(8-10-27(20,26)33)16-12-24(32)34-15-16/h11-12,17-22,30,33H,3-10,13-15H2,1-2H3,(H,28,31)/t17?,18?,19?,20?,21-,22?,25?,26?,27?/m0/s1. The second kappa shape index (κ2) is 8.44. The molecule has 3 N–H and O–H groups in total. The second-order valence-corrected chi connectivity index (χ2v) is 12.1. The van der Waals surface area contributed by atoms with E-state index in [1.165, 1.54) is 0 Å². The van der Waals surface area contributed by atoms with Crippen LogP contribution in [0, 0.1) is 34.5 Å². The molecule has 4 aliphatic carbocycles. The number of hydrogen-bond acceptors (Lipinski definition) is 6. The summed E-state index contributed by atoms with van der Waals surface area (Å²) in [5, 5.41) is 27.0. The molecule has 5 aliphatic rings. The monoisotopic (exact) mass is 473 g/mol. The molecule has 1 aliphatic heterocycles. The van der Waals surface area contributed by atoms with Crippen LogP contribution in [0.3, 0.4) is 0 Å². The lowest BCUT2D eigenvalue weighted by molar-refractivity contribution is -0.243. The first-order chi connectivity index (χ1) is 16.1. The lowest BCUT2D eigenvalue weighted by atomic mass is 9.42. The van der Waals surface area contributed by atoms with Crippen LogP contribution in [-0.4, -0.2) is 52.7 Å². The first kappa shape index (κ1) is 24.0. The normalized spacial score (nSPS) is 47.6. The molecule has 4 saturated carbocycles. The molecule has 0 saturated heterocycles. The van der Waals surface area contributed by atoms with Crippen molar-refractivity contribution in [3.05, 3.63) is 11.6 Å². The highest BCUT2D eigenvalue weighted by Crippen LogP contribution is 2.69. The van der Waals surface area contributed by atoms with Crippen LogP contribution in [0.4, 0.5) is 0 Å². The fourth-order valence-corrected chi connectivity index (χ4v) is 9.01. The molecule has 188 valence electrons. The number of hydrogen-bond donors (Lipinski definition) is 3. The van der Waals surface area contributed by atoms with Gasteiger partial charge in [-0.2, -0.15) is 0 Å². The Morgan fingerprint density at radius 2 is 1.97 bits per heavy atom. The van der Waals surface area contributed by atoms with E-state index in [-0.39, 0.29) is 60.5 Å². The number of nitrogens with one attached hydrogen (secondary N) is 1. The molecule has 1 amide bonds. The van der Waals surface area contributed by atoms with Gasteiger partial charge in [0.05, 0.1) is 11.7 Å². The molecular weight excluding hydrogens is 434 g/mol. The summed E-state index contributed by atoms with van der Waals surface area (Å²) in [4.78, 5) is 34.5. The van der Waals surface area contributed by atoms with Gasteiger partial charge in [-0.1, -0.05) is 13.8 Å². The summed E-state index contributed by atoms with van der Waals surface area (Å²) in [6, 6.07) is 0.137. The van der Waals surface area contributed by atoms with Crippen molar-refractivity contribution in [2.75, 3.05) is 6.61 Å². The van der Waals surface area contributed by atoms with E-state index in [4.69, 9.17) is 4.74 Å². The van der Waals surface area contributed by atoms with Crippen LogP contribution in [0.1, 0.15) is 78.1 Å². The highest BCUT2D eigenvalue weighted by molar-refractivity contribution is 5.85. The Kier molecular flexibility index (Phi) is 5.95. The number of amides is 1. The summed E-state index contributed by atoms with van der Waals surface area (Å²) in [6.07, 6.45) is 9.04. The van der Waals surface area contributed by atoms with E-state index >= 15 is 0 Å². The Morgan fingerprint density at radius 1 is 1.18 bits per heavy atom. The smallest absolute Gasteiger partial charge is 0.331 e. The van der Waals surface area contributed by atoms with Crippen molar-refractivity contribution in [2.45, 2.75) is 95.8 Å². The van der Waals surface area contributed by atoms with Crippen LogP contribution in [0.5, 0.6) is 0 Å². The molecule has 0 bridgehead atoms. The summed E-state index contributed by atoms with van der Waals surface area (Å²) in [7, 11) is 0. The highest BCUT2D eigenvalue weighted by atomic mass is 16.5. The van der Waals surface area contributed by atoms with Crippen molar-refractivity contribution < 1.29 is 29.3 Å². The van der Waals surface area contributed by atoms with E-state index in [1.54, 1.807) is 6.08 Å². The average molecular weight is 474 g/mol. The van der Waals surface area contributed by atoms with Crippen molar-refractivity contribution in [1.82, 2.24) is 5.32 Å². The van der Waals surface area contributed by atoms with Gasteiger partial charge in [0.25, 0.3) is 0 Å². The Balaban J connectivity index is 1.35. The van der Waals surface area contributed by atoms with Gasteiger partial charge in [-0.25, -0.2) is 4.79 Å². The highest BCUT2D eigenvalue weighted by Gasteiger charge is 2.70. The van der Waals surface area contributed by atoms with Crippen molar-refractivity contribution >= 4 is 18.2 Å². The number of rotatable bonds is 5. The molecule has 5 rings (SSSR count). The van der Waals surface area contributed by atoms with Gasteiger partial charge in [0.15, 0.2) is 0 Å². The van der Waals surface area contributed by atoms with Crippen LogP contribution < -0.4 is 5.32 Å². The molecule has 9 atom stereocenters. The van der Waals surface area contributed by atoms with Gasteiger partial charge in [-0.3, -0.25) is 4.79 Å². The van der Waals surface area contributed by atoms with Crippen LogP contribution in [-0.2, 0) is 19.1 Å². The second-order valence-electron chi connectivity index (χ2n) is 12.1. The van der Waals surface area contributed by atoms with Gasteiger partial charge in [-0.05, 0) is 86.0 Å². The van der Waals surface area contributed by atoms with E-state index in [0.717, 1.165) is 50.4 Å². The van der Waals surface area contributed by atoms with Gasteiger partial charge in [0.1, 0.15) is 12.9 Å². The number of esters is 1. The molecule has 0 aromatic rings. The molecule has 0 radical (unpaired) electrons. The third kappa shape index (κ3) is 3.41. The summed E-state index contributed by atoms with van der Waals surface area (Å²) >= 11 is 0. The molecule has 4 fully saturated rings. The predicted octanol–water partition coefficient (Wildman–Crippen LogP) is 2.68. The molecular formula is C27H39NO6. The zero-order chi connectivity index (χ0) is 24.3. The summed E-state index contributed by atoms with van der Waals surface area (Å²) in [5.74, 6) is 0.403. The SMILES string of the molecule is CC12CCC(NC(=O)CCC=O)CC1CCC1[C@@H]2CC(O)C2(C)C(C3=CC(=O)OC3)CCC12O. The number of aliphatic hydroxyl groups is 2. The minimum Gasteiger partial charge on any atom is -0.458 e. The van der Waals surface area contributed by atoms with E-state index < -0.39 is 17.1 Å². The molecule has 0 spiro atoms. The van der Waals surface area contributed by atoms with Gasteiger partial charge >= 0.3 is 5.97 Å².